The fourth-order valence-electron chi connectivity index (χ4n) is 2.87. The van der Waals surface area contributed by atoms with Gasteiger partial charge in [0, 0.05) is 0 Å². The van der Waals surface area contributed by atoms with Gasteiger partial charge in [-0.3, -0.25) is 14.9 Å². The first-order chi connectivity index (χ1) is 14.3. The predicted octanol–water partition coefficient (Wildman–Crippen LogP) is 4.05. The first-order valence-corrected chi connectivity index (χ1v) is 9.91. The van der Waals surface area contributed by atoms with Crippen LogP contribution in [-0.2, 0) is 9.59 Å². The summed E-state index contributed by atoms with van der Waals surface area (Å²) in [6.07, 6.45) is 1.35. The van der Waals surface area contributed by atoms with Crippen molar-refractivity contribution in [3.63, 3.8) is 0 Å². The number of anilines is 1. The summed E-state index contributed by atoms with van der Waals surface area (Å²) in [5, 5.41) is 2.13. The van der Waals surface area contributed by atoms with Crippen molar-refractivity contribution < 1.29 is 28.2 Å². The average Bonchev–Trinajstić information content (AvgIpc) is 2.69. The van der Waals surface area contributed by atoms with E-state index in [0.717, 1.165) is 17.0 Å². The highest BCUT2D eigenvalue weighted by Crippen LogP contribution is 2.37. The lowest BCUT2D eigenvalue weighted by atomic mass is 10.1. The second kappa shape index (κ2) is 9.08. The van der Waals surface area contributed by atoms with Gasteiger partial charge in [-0.25, -0.2) is 14.1 Å². The smallest absolute Gasteiger partial charge is 0.335 e. The minimum atomic E-state index is -0.906. The molecule has 1 aliphatic rings. The maximum atomic E-state index is 13.2. The molecule has 1 saturated heterocycles. The first-order valence-electron chi connectivity index (χ1n) is 9.11. The minimum absolute atomic E-state index is 0.139. The van der Waals surface area contributed by atoms with Gasteiger partial charge in [0.15, 0.2) is 11.5 Å². The largest absolute Gasteiger partial charge is 0.490 e. The number of halogens is 2. The zero-order valence-electron chi connectivity index (χ0n) is 16.2. The summed E-state index contributed by atoms with van der Waals surface area (Å²) in [6, 6.07) is 7.19. The van der Waals surface area contributed by atoms with E-state index >= 15 is 0 Å². The first kappa shape index (κ1) is 21.5. The molecule has 1 heterocycles. The van der Waals surface area contributed by atoms with Crippen LogP contribution in [0.2, 0.25) is 0 Å². The number of barbiturate groups is 1. The Morgan fingerprint density at radius 2 is 1.73 bits per heavy atom. The van der Waals surface area contributed by atoms with Crippen LogP contribution in [0.3, 0.4) is 0 Å². The SMILES string of the molecule is CCOc1cc(/C=C2\C(=O)NC(=O)N(c3ccc(F)cc3)C2=O)cc(Br)c1OCC. The van der Waals surface area contributed by atoms with E-state index in [1.54, 1.807) is 12.1 Å². The van der Waals surface area contributed by atoms with Crippen LogP contribution in [-0.4, -0.2) is 31.1 Å². The third-order valence-corrected chi connectivity index (χ3v) is 4.71. The summed E-state index contributed by atoms with van der Waals surface area (Å²) >= 11 is 3.41. The van der Waals surface area contributed by atoms with E-state index in [2.05, 4.69) is 21.2 Å². The Morgan fingerprint density at radius 1 is 1.07 bits per heavy atom. The van der Waals surface area contributed by atoms with E-state index in [-0.39, 0.29) is 11.3 Å². The molecule has 156 valence electrons. The molecule has 7 nitrogen and oxygen atoms in total. The van der Waals surface area contributed by atoms with E-state index in [0.29, 0.717) is 34.7 Å². The molecule has 9 heteroatoms. The fraction of sp³-hybridized carbons (Fsp3) is 0.190. The molecule has 4 amide bonds. The van der Waals surface area contributed by atoms with E-state index in [9.17, 15) is 18.8 Å². The monoisotopic (exact) mass is 476 g/mol. The summed E-state index contributed by atoms with van der Waals surface area (Å²) < 4.78 is 25.0. The second-order valence-corrected chi connectivity index (χ2v) is 6.98. The van der Waals surface area contributed by atoms with E-state index in [1.165, 1.54) is 18.2 Å². The summed E-state index contributed by atoms with van der Waals surface area (Å²) in [5.74, 6) is -1.22. The van der Waals surface area contributed by atoms with Crippen molar-refractivity contribution in [2.75, 3.05) is 18.1 Å². The van der Waals surface area contributed by atoms with Crippen molar-refractivity contribution in [2.24, 2.45) is 0 Å². The molecule has 0 bridgehead atoms. The molecular weight excluding hydrogens is 459 g/mol. The summed E-state index contributed by atoms with van der Waals surface area (Å²) in [7, 11) is 0. The molecular formula is C21H18BrFN2O5. The van der Waals surface area contributed by atoms with Crippen LogP contribution in [0.25, 0.3) is 6.08 Å². The van der Waals surface area contributed by atoms with Crippen LogP contribution in [0.4, 0.5) is 14.9 Å². The number of hydrogen-bond acceptors (Lipinski definition) is 5. The third kappa shape index (κ3) is 4.35. The van der Waals surface area contributed by atoms with Crippen molar-refractivity contribution in [3.05, 3.63) is 57.8 Å². The molecule has 1 N–H and O–H groups in total. The molecule has 0 saturated carbocycles. The molecule has 1 aliphatic heterocycles. The van der Waals surface area contributed by atoms with Gasteiger partial charge in [-0.2, -0.15) is 0 Å². The average molecular weight is 477 g/mol. The number of ether oxygens (including phenoxy) is 2. The number of amides is 4. The van der Waals surface area contributed by atoms with Crippen molar-refractivity contribution >= 4 is 45.5 Å². The van der Waals surface area contributed by atoms with Gasteiger partial charge in [0.1, 0.15) is 11.4 Å². The normalized spacial score (nSPS) is 15.4. The maximum Gasteiger partial charge on any atom is 0.335 e. The van der Waals surface area contributed by atoms with Gasteiger partial charge < -0.3 is 9.47 Å². The Morgan fingerprint density at radius 3 is 2.37 bits per heavy atom. The van der Waals surface area contributed by atoms with Crippen LogP contribution >= 0.6 is 15.9 Å². The quantitative estimate of drug-likeness (QED) is 0.502. The molecule has 0 atom stereocenters. The van der Waals surface area contributed by atoms with Crippen molar-refractivity contribution in [1.29, 1.82) is 0 Å². The third-order valence-electron chi connectivity index (χ3n) is 4.12. The molecule has 0 spiro atoms. The molecule has 0 aromatic heterocycles. The number of carbonyl (C=O) groups excluding carboxylic acids is 3. The van der Waals surface area contributed by atoms with E-state index < -0.39 is 23.7 Å². The maximum absolute atomic E-state index is 13.2. The molecule has 0 unspecified atom stereocenters. The number of nitrogens with zero attached hydrogens (tertiary/aromatic N) is 1. The molecule has 30 heavy (non-hydrogen) atoms. The number of imide groups is 2. The molecule has 0 radical (unpaired) electrons. The van der Waals surface area contributed by atoms with Crippen LogP contribution in [0.5, 0.6) is 11.5 Å². The van der Waals surface area contributed by atoms with Gasteiger partial charge in [-0.1, -0.05) is 0 Å². The van der Waals surface area contributed by atoms with Gasteiger partial charge in [-0.05, 0) is 77.8 Å². The Bertz CT molecular complexity index is 1040. The predicted molar refractivity (Wildman–Crippen MR) is 112 cm³/mol. The summed E-state index contributed by atoms with van der Waals surface area (Å²) in [4.78, 5) is 38.2. The number of urea groups is 1. The number of benzene rings is 2. The Hall–Kier alpha value is -3.20. The van der Waals surface area contributed by atoms with E-state index in [4.69, 9.17) is 9.47 Å². The number of nitrogens with one attached hydrogen (secondary N) is 1. The Balaban J connectivity index is 2.03. The Labute approximate surface area is 180 Å². The second-order valence-electron chi connectivity index (χ2n) is 6.13. The number of hydrogen-bond donors (Lipinski definition) is 1. The highest BCUT2D eigenvalue weighted by molar-refractivity contribution is 9.10. The standard InChI is InChI=1S/C21H18BrFN2O5/c1-3-29-17-11-12(10-16(22)18(17)30-4-2)9-15-19(26)24-21(28)25(20(15)27)14-7-5-13(23)6-8-14/h5-11H,3-4H2,1-2H3,(H,24,26,28)/b15-9+. The van der Waals surface area contributed by atoms with Gasteiger partial charge in [0.2, 0.25) is 0 Å². The molecule has 1 fully saturated rings. The van der Waals surface area contributed by atoms with Crippen LogP contribution in [0.15, 0.2) is 46.4 Å². The summed E-state index contributed by atoms with van der Waals surface area (Å²) in [6.45, 7) is 4.47. The molecule has 0 aliphatic carbocycles. The highest BCUT2D eigenvalue weighted by Gasteiger charge is 2.36. The van der Waals surface area contributed by atoms with Gasteiger partial charge in [0.25, 0.3) is 11.8 Å². The Kier molecular flexibility index (Phi) is 6.51. The van der Waals surface area contributed by atoms with E-state index in [1.807, 2.05) is 13.8 Å². The van der Waals surface area contributed by atoms with Crippen LogP contribution < -0.4 is 19.7 Å². The minimum Gasteiger partial charge on any atom is -0.490 e. The van der Waals surface area contributed by atoms with Crippen LogP contribution in [0, 0.1) is 5.82 Å². The topological polar surface area (TPSA) is 84.9 Å². The molecule has 2 aromatic rings. The highest BCUT2D eigenvalue weighted by atomic mass is 79.9. The lowest BCUT2D eigenvalue weighted by Crippen LogP contribution is -2.54. The summed E-state index contributed by atoms with van der Waals surface area (Å²) in [5.41, 5.74) is 0.373. The van der Waals surface area contributed by atoms with Gasteiger partial charge >= 0.3 is 6.03 Å². The van der Waals surface area contributed by atoms with Crippen LogP contribution in [0.1, 0.15) is 19.4 Å². The lowest BCUT2D eigenvalue weighted by Gasteiger charge is -2.26. The lowest BCUT2D eigenvalue weighted by molar-refractivity contribution is -0.122. The zero-order valence-corrected chi connectivity index (χ0v) is 17.8. The zero-order chi connectivity index (χ0) is 21.8. The number of carbonyl (C=O) groups is 3. The van der Waals surface area contributed by atoms with Crippen molar-refractivity contribution in [1.82, 2.24) is 5.32 Å². The van der Waals surface area contributed by atoms with Gasteiger partial charge in [-0.15, -0.1) is 0 Å². The molecule has 3 rings (SSSR count). The van der Waals surface area contributed by atoms with Crippen molar-refractivity contribution in [3.8, 4) is 11.5 Å². The fourth-order valence-corrected chi connectivity index (χ4v) is 3.44. The number of rotatable bonds is 6. The van der Waals surface area contributed by atoms with Gasteiger partial charge in [0.05, 0.1) is 23.4 Å². The molecule has 2 aromatic carbocycles. The van der Waals surface area contributed by atoms with Crippen molar-refractivity contribution in [2.45, 2.75) is 13.8 Å².